The number of hydrogen-bond donors (Lipinski definition) is 1. The minimum Gasteiger partial charge on any atom is -0.341 e. The van der Waals surface area contributed by atoms with E-state index in [1.807, 2.05) is 11.9 Å². The van der Waals surface area contributed by atoms with Gasteiger partial charge in [-0.15, -0.1) is 11.3 Å². The monoisotopic (exact) mass is 266 g/mol. The summed E-state index contributed by atoms with van der Waals surface area (Å²) in [5, 5.41) is 3.34. The van der Waals surface area contributed by atoms with E-state index in [0.29, 0.717) is 12.3 Å². The fourth-order valence-corrected chi connectivity index (χ4v) is 3.32. The molecule has 2 rings (SSSR count). The average Bonchev–Trinajstić information content (AvgIpc) is 2.97. The van der Waals surface area contributed by atoms with Gasteiger partial charge in [-0.3, -0.25) is 4.79 Å². The van der Waals surface area contributed by atoms with Crippen molar-refractivity contribution in [3.63, 3.8) is 0 Å². The highest BCUT2D eigenvalue weighted by molar-refractivity contribution is 7.11. The summed E-state index contributed by atoms with van der Waals surface area (Å²) in [4.78, 5) is 16.5. The summed E-state index contributed by atoms with van der Waals surface area (Å²) < 4.78 is 0. The van der Waals surface area contributed by atoms with Crippen LogP contribution in [0.25, 0.3) is 0 Å². The highest BCUT2D eigenvalue weighted by Gasteiger charge is 2.17. The summed E-state index contributed by atoms with van der Waals surface area (Å²) in [7, 11) is 1.91. The third-order valence-electron chi connectivity index (χ3n) is 3.54. The van der Waals surface area contributed by atoms with Crippen LogP contribution in [0.3, 0.4) is 0 Å². The molecule has 0 bridgehead atoms. The SMILES string of the molecule is Cc1ccc(CN(C)C(=O)CCC2CCNC2)s1. The predicted octanol–water partition coefficient (Wildman–Crippen LogP) is 2.40. The number of rotatable bonds is 5. The van der Waals surface area contributed by atoms with Crippen LogP contribution >= 0.6 is 11.3 Å². The maximum absolute atomic E-state index is 12.0. The summed E-state index contributed by atoms with van der Waals surface area (Å²) in [6.45, 7) is 5.05. The van der Waals surface area contributed by atoms with Crippen LogP contribution in [0.4, 0.5) is 0 Å². The highest BCUT2D eigenvalue weighted by atomic mass is 32.1. The molecule has 0 radical (unpaired) electrons. The number of aryl methyl sites for hydroxylation is 1. The number of nitrogens with zero attached hydrogens (tertiary/aromatic N) is 1. The van der Waals surface area contributed by atoms with Crippen molar-refractivity contribution < 1.29 is 4.79 Å². The van der Waals surface area contributed by atoms with Gasteiger partial charge in [0.25, 0.3) is 0 Å². The molecule has 1 aliphatic rings. The van der Waals surface area contributed by atoms with E-state index >= 15 is 0 Å². The lowest BCUT2D eigenvalue weighted by atomic mass is 10.0. The van der Waals surface area contributed by atoms with Gasteiger partial charge in [-0.2, -0.15) is 0 Å². The van der Waals surface area contributed by atoms with Gasteiger partial charge in [0.2, 0.25) is 5.91 Å². The normalized spacial score (nSPS) is 19.1. The van der Waals surface area contributed by atoms with Crippen molar-refractivity contribution in [2.75, 3.05) is 20.1 Å². The van der Waals surface area contributed by atoms with Crippen LogP contribution in [-0.2, 0) is 11.3 Å². The number of thiophene rings is 1. The Bertz CT molecular complexity index is 396. The van der Waals surface area contributed by atoms with Crippen LogP contribution in [0.2, 0.25) is 0 Å². The zero-order chi connectivity index (χ0) is 13.0. The van der Waals surface area contributed by atoms with E-state index in [1.165, 1.54) is 16.2 Å². The number of carbonyl (C=O) groups is 1. The molecule has 0 aliphatic carbocycles. The standard InChI is InChI=1S/C14H22N2OS/c1-11-3-5-13(18-11)10-16(2)14(17)6-4-12-7-8-15-9-12/h3,5,12,15H,4,6-10H2,1-2H3. The predicted molar refractivity (Wildman–Crippen MR) is 75.7 cm³/mol. The molecule has 1 N–H and O–H groups in total. The van der Waals surface area contributed by atoms with E-state index in [2.05, 4.69) is 24.4 Å². The number of hydrogen-bond acceptors (Lipinski definition) is 3. The van der Waals surface area contributed by atoms with Gasteiger partial charge in [0.1, 0.15) is 0 Å². The van der Waals surface area contributed by atoms with Crippen LogP contribution in [0.15, 0.2) is 12.1 Å². The Labute approximate surface area is 113 Å². The minimum atomic E-state index is 0.271. The Balaban J connectivity index is 1.74. The van der Waals surface area contributed by atoms with Crippen molar-refractivity contribution in [3.8, 4) is 0 Å². The van der Waals surface area contributed by atoms with Gasteiger partial charge in [0, 0.05) is 23.2 Å². The molecule has 1 atom stereocenters. The molecular formula is C14H22N2OS. The first-order valence-corrected chi connectivity index (χ1v) is 7.47. The van der Waals surface area contributed by atoms with Crippen molar-refractivity contribution in [2.45, 2.75) is 32.7 Å². The molecule has 1 amide bonds. The van der Waals surface area contributed by atoms with Crippen LogP contribution in [0.1, 0.15) is 29.0 Å². The number of carbonyl (C=O) groups excluding carboxylic acids is 1. The lowest BCUT2D eigenvalue weighted by Crippen LogP contribution is -2.26. The third-order valence-corrected chi connectivity index (χ3v) is 4.53. The lowest BCUT2D eigenvalue weighted by Gasteiger charge is -2.17. The zero-order valence-electron chi connectivity index (χ0n) is 11.2. The minimum absolute atomic E-state index is 0.271. The molecule has 0 aromatic carbocycles. The Morgan fingerprint density at radius 3 is 3.00 bits per heavy atom. The molecule has 2 heterocycles. The summed E-state index contributed by atoms with van der Waals surface area (Å²) in [6.07, 6.45) is 2.94. The molecular weight excluding hydrogens is 244 g/mol. The first kappa shape index (κ1) is 13.6. The van der Waals surface area contributed by atoms with Crippen molar-refractivity contribution in [1.82, 2.24) is 10.2 Å². The van der Waals surface area contributed by atoms with E-state index in [9.17, 15) is 4.79 Å². The van der Waals surface area contributed by atoms with Crippen LogP contribution < -0.4 is 5.32 Å². The molecule has 1 fully saturated rings. The topological polar surface area (TPSA) is 32.3 Å². The number of nitrogens with one attached hydrogen (secondary N) is 1. The lowest BCUT2D eigenvalue weighted by molar-refractivity contribution is -0.130. The van der Waals surface area contributed by atoms with Crippen molar-refractivity contribution in [3.05, 3.63) is 21.9 Å². The molecule has 1 aromatic rings. The van der Waals surface area contributed by atoms with E-state index < -0.39 is 0 Å². The highest BCUT2D eigenvalue weighted by Crippen LogP contribution is 2.18. The molecule has 1 aliphatic heterocycles. The average molecular weight is 266 g/mol. The second kappa shape index (κ2) is 6.34. The van der Waals surface area contributed by atoms with E-state index in [1.54, 1.807) is 11.3 Å². The maximum Gasteiger partial charge on any atom is 0.222 e. The van der Waals surface area contributed by atoms with Gasteiger partial charge in [-0.05, 0) is 50.9 Å². The largest absolute Gasteiger partial charge is 0.341 e. The van der Waals surface area contributed by atoms with E-state index in [4.69, 9.17) is 0 Å². The first-order chi connectivity index (χ1) is 8.65. The van der Waals surface area contributed by atoms with Gasteiger partial charge in [-0.1, -0.05) is 0 Å². The first-order valence-electron chi connectivity index (χ1n) is 6.65. The molecule has 1 saturated heterocycles. The van der Waals surface area contributed by atoms with Gasteiger partial charge >= 0.3 is 0 Å². The van der Waals surface area contributed by atoms with Gasteiger partial charge < -0.3 is 10.2 Å². The van der Waals surface area contributed by atoms with E-state index in [0.717, 1.165) is 26.1 Å². The summed E-state index contributed by atoms with van der Waals surface area (Å²) in [5.74, 6) is 0.972. The summed E-state index contributed by atoms with van der Waals surface area (Å²) >= 11 is 1.77. The molecule has 1 aromatic heterocycles. The molecule has 0 saturated carbocycles. The van der Waals surface area contributed by atoms with Crippen LogP contribution in [0.5, 0.6) is 0 Å². The van der Waals surface area contributed by atoms with Gasteiger partial charge in [0.15, 0.2) is 0 Å². The van der Waals surface area contributed by atoms with Gasteiger partial charge in [0.05, 0.1) is 6.54 Å². The quantitative estimate of drug-likeness (QED) is 0.887. The second-order valence-corrected chi connectivity index (χ2v) is 6.53. The molecule has 100 valence electrons. The Hall–Kier alpha value is -0.870. The van der Waals surface area contributed by atoms with Crippen LogP contribution in [0, 0.1) is 12.8 Å². The van der Waals surface area contributed by atoms with Crippen molar-refractivity contribution in [2.24, 2.45) is 5.92 Å². The summed E-state index contributed by atoms with van der Waals surface area (Å²) in [6, 6.07) is 4.23. The fourth-order valence-electron chi connectivity index (χ4n) is 2.37. The molecule has 1 unspecified atom stereocenters. The Morgan fingerprint density at radius 1 is 1.56 bits per heavy atom. The molecule has 3 nitrogen and oxygen atoms in total. The third kappa shape index (κ3) is 3.82. The Kier molecular flexibility index (Phi) is 4.78. The van der Waals surface area contributed by atoms with Crippen LogP contribution in [-0.4, -0.2) is 30.9 Å². The summed E-state index contributed by atoms with van der Waals surface area (Å²) in [5.41, 5.74) is 0. The Morgan fingerprint density at radius 2 is 2.39 bits per heavy atom. The number of amides is 1. The van der Waals surface area contributed by atoms with E-state index in [-0.39, 0.29) is 5.91 Å². The van der Waals surface area contributed by atoms with Gasteiger partial charge in [-0.25, -0.2) is 0 Å². The smallest absolute Gasteiger partial charge is 0.222 e. The fraction of sp³-hybridized carbons (Fsp3) is 0.643. The van der Waals surface area contributed by atoms with Crippen molar-refractivity contribution >= 4 is 17.2 Å². The zero-order valence-corrected chi connectivity index (χ0v) is 12.1. The molecule has 4 heteroatoms. The molecule has 0 spiro atoms. The van der Waals surface area contributed by atoms with Crippen molar-refractivity contribution in [1.29, 1.82) is 0 Å². The molecule has 18 heavy (non-hydrogen) atoms. The maximum atomic E-state index is 12.0. The second-order valence-electron chi connectivity index (χ2n) is 5.16.